The second-order valence-corrected chi connectivity index (χ2v) is 38.4. The minimum atomic E-state index is -2.46. The molecule has 0 fully saturated rings. The van der Waals surface area contributed by atoms with E-state index in [-0.39, 0.29) is 96.1 Å². The summed E-state index contributed by atoms with van der Waals surface area (Å²) in [7, 11) is 2.13. The van der Waals surface area contributed by atoms with Gasteiger partial charge in [-0.2, -0.15) is 0 Å². The molecule has 0 saturated heterocycles. The Morgan fingerprint density at radius 1 is 0.816 bits per heavy atom. The maximum atomic E-state index is 14.3. The van der Waals surface area contributed by atoms with Crippen LogP contribution in [0.25, 0.3) is 0 Å². The Hall–Kier alpha value is -2.82. The van der Waals surface area contributed by atoms with Gasteiger partial charge in [-0.1, -0.05) is 133 Å². The van der Waals surface area contributed by atoms with Crippen molar-refractivity contribution < 1.29 is 66.2 Å². The molecule has 1 aliphatic heterocycles. The lowest BCUT2D eigenvalue weighted by Gasteiger charge is -2.44. The lowest BCUT2D eigenvalue weighted by atomic mass is 9.82. The van der Waals surface area contributed by atoms with Gasteiger partial charge in [0.2, 0.25) is 0 Å². The number of allylic oxidation sites excluding steroid dienone is 3. The molecule has 0 unspecified atom stereocenters. The zero-order chi connectivity index (χ0) is 65.9. The molecule has 0 aromatic heterocycles. The molecule has 502 valence electrons. The first kappa shape index (κ1) is 80.3. The van der Waals surface area contributed by atoms with Crippen LogP contribution in [0.4, 0.5) is 0 Å². The molecule has 1 aliphatic rings. The number of hydrogen-bond acceptors (Lipinski definition) is 15. The van der Waals surface area contributed by atoms with Crippen LogP contribution in [-0.4, -0.2) is 137 Å². The highest BCUT2D eigenvalue weighted by molar-refractivity contribution is 7.98. The number of esters is 2. The number of carbonyl (C=O) groups is 2. The van der Waals surface area contributed by atoms with Crippen LogP contribution in [-0.2, 0) is 58.2 Å². The summed E-state index contributed by atoms with van der Waals surface area (Å²) in [5.74, 6) is 0.872. The normalized spacial score (nSPS) is 26.5. The molecule has 15 atom stereocenters. The molecule has 14 nitrogen and oxygen atoms in total. The highest BCUT2D eigenvalue weighted by Gasteiger charge is 2.45. The lowest BCUT2D eigenvalue weighted by molar-refractivity contribution is -0.164. The molecule has 87 heavy (non-hydrogen) atoms. The standard InChI is InChI=1S/C70H124O14SSi2/c1-48-33-34-49(2)59(75-17)38-35-50(3)67(83-86(21,22)69(10,11)12)54(7)60(80-47-85-20)30-26-25-27-32-65(73)82-62(31-28-29-58(43-48)74-16)55(8)68(84-87(23,24)70(13,14)15)51(4)36-39-61(53(6)66(81-56(9)72)52(5)41-42-71)79-46-78-45-57-37-40-63(76-18)64(44-57)77-19/h25-29,32,34,37,40,44,48,50-55,58-62,66-68,71H,30-31,33,35-36,38-39,41-43,45-47H2,1-24H3/b26-25+,29-28+,32-27+,49-34+/t48-,50-,51+,52-,53+,54-,55-,58+,59+,60-,61-,62+,66-,67-,68+/m1/s1. The van der Waals surface area contributed by atoms with Crippen molar-refractivity contribution in [3.63, 3.8) is 0 Å². The van der Waals surface area contributed by atoms with Crippen LogP contribution >= 0.6 is 11.8 Å². The van der Waals surface area contributed by atoms with Gasteiger partial charge in [-0.3, -0.25) is 4.79 Å². The predicted octanol–water partition coefficient (Wildman–Crippen LogP) is 16.5. The Morgan fingerprint density at radius 3 is 2.06 bits per heavy atom. The molecule has 0 aliphatic carbocycles. The molecular formula is C70H124O14SSi2. The molecule has 1 aromatic rings. The van der Waals surface area contributed by atoms with Gasteiger partial charge >= 0.3 is 11.9 Å². The Balaban J connectivity index is 2.75. The minimum absolute atomic E-state index is 0.00914. The molecule has 1 aromatic carbocycles. The molecular weight excluding hydrogens is 1150 g/mol. The van der Waals surface area contributed by atoms with E-state index in [0.29, 0.717) is 55.5 Å². The number of rotatable bonds is 28. The molecule has 2 rings (SSSR count). The second kappa shape index (κ2) is 39.6. The Labute approximate surface area is 536 Å². The summed E-state index contributed by atoms with van der Waals surface area (Å²) < 4.78 is 70.3. The van der Waals surface area contributed by atoms with Crippen molar-refractivity contribution >= 4 is 40.3 Å². The number of methoxy groups -OCH3 is 4. The number of hydrogen-bond donors (Lipinski definition) is 1. The monoisotopic (exact) mass is 1280 g/mol. The smallest absolute Gasteiger partial charge is 0.331 e. The number of ether oxygens (including phenoxy) is 9. The molecule has 0 amide bonds. The average Bonchev–Trinajstić information content (AvgIpc) is 1.55. The third-order valence-corrected chi connectivity index (χ3v) is 28.4. The third-order valence-electron chi connectivity index (χ3n) is 19.0. The maximum Gasteiger partial charge on any atom is 0.331 e. The van der Waals surface area contributed by atoms with E-state index < -0.39 is 46.9 Å². The number of aliphatic hydroxyl groups is 1. The fourth-order valence-electron chi connectivity index (χ4n) is 11.1. The van der Waals surface area contributed by atoms with Crippen LogP contribution in [0.2, 0.25) is 36.3 Å². The summed E-state index contributed by atoms with van der Waals surface area (Å²) in [6, 6.07) is 5.65. The van der Waals surface area contributed by atoms with E-state index in [4.69, 9.17) is 51.5 Å². The van der Waals surface area contributed by atoms with Crippen LogP contribution in [0.3, 0.4) is 0 Å². The van der Waals surface area contributed by atoms with Gasteiger partial charge in [-0.25, -0.2) is 4.79 Å². The van der Waals surface area contributed by atoms with Gasteiger partial charge < -0.3 is 56.6 Å². The summed E-state index contributed by atoms with van der Waals surface area (Å²) in [6.45, 7) is 42.0. The fraction of sp³-hybridized carbons (Fsp3) is 0.771. The van der Waals surface area contributed by atoms with E-state index in [9.17, 15) is 14.7 Å². The summed E-state index contributed by atoms with van der Waals surface area (Å²) in [5, 5.41) is 9.94. The van der Waals surface area contributed by atoms with E-state index in [0.717, 1.165) is 31.2 Å². The van der Waals surface area contributed by atoms with Crippen molar-refractivity contribution in [2.45, 2.75) is 253 Å². The zero-order valence-corrected chi connectivity index (χ0v) is 61.6. The van der Waals surface area contributed by atoms with Crippen molar-refractivity contribution in [2.24, 2.45) is 41.4 Å². The SMILES string of the molecule is COc1ccc(COCO[C@H](CC[C@H](C)[C@H](O[Si](C)(C)C(C)(C)C)[C@H](C)[C@@H]2C/C=C/[C@H](OC)C[C@H](C)C/C=C(\C)[C@@H](OC)CC[C@@H](C)[C@@H](O[Si](C)(C)C(C)(C)C)[C@H](C)[C@H](OCSC)C/C=C/C=C/C(=O)O2)[C@H](C)[C@H](OC(C)=O)[C@H](C)CCO)cc1OC. The largest absolute Gasteiger partial charge is 0.493 e. The molecule has 1 heterocycles. The molecule has 0 saturated carbocycles. The lowest BCUT2D eigenvalue weighted by Crippen LogP contribution is -2.49. The van der Waals surface area contributed by atoms with E-state index in [1.165, 1.54) is 18.6 Å². The number of cyclic esters (lactones) is 1. The van der Waals surface area contributed by atoms with Crippen LogP contribution in [0, 0.1) is 41.4 Å². The number of thioether (sulfide) groups is 1. The van der Waals surface area contributed by atoms with E-state index in [1.807, 2.05) is 45.2 Å². The van der Waals surface area contributed by atoms with Gasteiger partial charge in [0.1, 0.15) is 19.0 Å². The van der Waals surface area contributed by atoms with Gasteiger partial charge in [0.05, 0.1) is 63.4 Å². The van der Waals surface area contributed by atoms with E-state index >= 15 is 0 Å². The van der Waals surface area contributed by atoms with Crippen LogP contribution in [0.15, 0.2) is 66.3 Å². The van der Waals surface area contributed by atoms with E-state index in [1.54, 1.807) is 39.2 Å². The number of aliphatic hydroxyl groups excluding tert-OH is 1. The minimum Gasteiger partial charge on any atom is -0.493 e. The molecule has 0 radical (unpaired) electrons. The van der Waals surface area contributed by atoms with Crippen molar-refractivity contribution in [1.82, 2.24) is 0 Å². The molecule has 17 heteroatoms. The first-order valence-electron chi connectivity index (χ1n) is 32.3. The Morgan fingerprint density at radius 2 is 1.47 bits per heavy atom. The fourth-order valence-corrected chi connectivity index (χ4v) is 14.4. The van der Waals surface area contributed by atoms with Crippen LogP contribution in [0.1, 0.15) is 167 Å². The van der Waals surface area contributed by atoms with E-state index in [2.05, 4.69) is 140 Å². The quantitative estimate of drug-likeness (QED) is 0.0278. The van der Waals surface area contributed by atoms with Crippen LogP contribution < -0.4 is 9.47 Å². The summed E-state index contributed by atoms with van der Waals surface area (Å²) in [6.07, 6.45) is 20.1. The first-order valence-corrected chi connectivity index (χ1v) is 39.5. The number of benzene rings is 1. The average molecular weight is 1280 g/mol. The topological polar surface area (TPSA) is 156 Å². The predicted molar refractivity (Wildman–Crippen MR) is 362 cm³/mol. The van der Waals surface area contributed by atoms with Crippen molar-refractivity contribution in [3.8, 4) is 11.5 Å². The maximum absolute atomic E-state index is 14.3. The molecule has 0 spiro atoms. The summed E-state index contributed by atoms with van der Waals surface area (Å²) in [4.78, 5) is 26.9. The number of carbonyl (C=O) groups excluding carboxylic acids is 2. The van der Waals surface area contributed by atoms with Crippen molar-refractivity contribution in [3.05, 3.63) is 71.9 Å². The van der Waals surface area contributed by atoms with Gasteiger partial charge in [0.25, 0.3) is 0 Å². The Kier molecular flexibility index (Phi) is 36.5. The molecule has 0 bridgehead atoms. The zero-order valence-electron chi connectivity index (χ0n) is 58.8. The highest BCUT2D eigenvalue weighted by atomic mass is 32.2. The van der Waals surface area contributed by atoms with Gasteiger partial charge in [0.15, 0.2) is 28.1 Å². The second-order valence-electron chi connectivity index (χ2n) is 28.1. The highest BCUT2D eigenvalue weighted by Crippen LogP contribution is 2.43. The van der Waals surface area contributed by atoms with Crippen molar-refractivity contribution in [2.75, 3.05) is 54.0 Å². The van der Waals surface area contributed by atoms with Gasteiger partial charge in [-0.05, 0) is 148 Å². The summed E-state index contributed by atoms with van der Waals surface area (Å²) in [5.41, 5.74) is 2.12. The van der Waals surface area contributed by atoms with Gasteiger partial charge in [-0.15, -0.1) is 11.8 Å². The summed E-state index contributed by atoms with van der Waals surface area (Å²) >= 11 is 1.67. The molecule has 1 N–H and O–H groups in total. The first-order chi connectivity index (χ1) is 40.7. The van der Waals surface area contributed by atoms with Crippen molar-refractivity contribution in [1.29, 1.82) is 0 Å². The Bertz CT molecular complexity index is 2240. The van der Waals surface area contributed by atoms with Crippen LogP contribution in [0.5, 0.6) is 11.5 Å². The van der Waals surface area contributed by atoms with Gasteiger partial charge in [0, 0.05) is 58.0 Å². The third kappa shape index (κ3) is 27.5.